The Hall–Kier alpha value is -4.02. The Balaban J connectivity index is 0.000000798. The average Bonchev–Trinajstić information content (AvgIpc) is 3.75. The normalized spacial score (nSPS) is 14.3. The Morgan fingerprint density at radius 2 is 1.79 bits per heavy atom. The van der Waals surface area contributed by atoms with Gasteiger partial charge in [-0.05, 0) is 86.7 Å². The molecule has 3 aromatic heterocycles. The summed E-state index contributed by atoms with van der Waals surface area (Å²) in [6.45, 7) is 8.17. The number of halogens is 1. The smallest absolute Gasteiger partial charge is 0.257 e. The number of allylic oxidation sites excluding steroid dienone is 1. The van der Waals surface area contributed by atoms with Gasteiger partial charge in [0.15, 0.2) is 0 Å². The number of aryl methyl sites for hydroxylation is 1. The highest BCUT2D eigenvalue weighted by atomic mass is 19.1. The summed E-state index contributed by atoms with van der Waals surface area (Å²) in [7, 11) is 5.11. The lowest BCUT2D eigenvalue weighted by Crippen LogP contribution is -2.30. The van der Waals surface area contributed by atoms with Crippen molar-refractivity contribution < 1.29 is 13.9 Å². The van der Waals surface area contributed by atoms with Crippen molar-refractivity contribution in [1.82, 2.24) is 30.0 Å². The van der Waals surface area contributed by atoms with Gasteiger partial charge in [0.1, 0.15) is 11.5 Å². The maximum absolute atomic E-state index is 14.8. The van der Waals surface area contributed by atoms with E-state index in [1.165, 1.54) is 37.1 Å². The summed E-state index contributed by atoms with van der Waals surface area (Å²) in [5.41, 5.74) is 6.33. The van der Waals surface area contributed by atoms with Gasteiger partial charge in [0, 0.05) is 63.4 Å². The summed E-state index contributed by atoms with van der Waals surface area (Å²) in [5, 5.41) is 11.4. The van der Waals surface area contributed by atoms with Crippen molar-refractivity contribution in [3.8, 4) is 11.3 Å². The van der Waals surface area contributed by atoms with Crippen LogP contribution < -0.4 is 10.6 Å². The van der Waals surface area contributed by atoms with Gasteiger partial charge < -0.3 is 25.3 Å². The predicted molar refractivity (Wildman–Crippen MR) is 171 cm³/mol. The molecule has 1 saturated heterocycles. The number of likely N-dealkylation sites (tertiary alicyclic amines) is 1. The van der Waals surface area contributed by atoms with Crippen molar-refractivity contribution in [2.45, 2.75) is 46.0 Å². The largest absolute Gasteiger partial charge is 0.388 e. The molecule has 1 saturated carbocycles. The molecule has 2 aliphatic rings. The van der Waals surface area contributed by atoms with Gasteiger partial charge in [-0.1, -0.05) is 13.8 Å². The third-order valence-electron chi connectivity index (χ3n) is 7.49. The van der Waals surface area contributed by atoms with Gasteiger partial charge in [0.25, 0.3) is 5.91 Å². The Morgan fingerprint density at radius 3 is 2.44 bits per heavy atom. The molecule has 6 rings (SSSR count). The summed E-state index contributed by atoms with van der Waals surface area (Å²) in [6.07, 6.45) is 11.0. The predicted octanol–water partition coefficient (Wildman–Crippen LogP) is 6.22. The summed E-state index contributed by atoms with van der Waals surface area (Å²) in [5.74, 6) is -0.869. The molecule has 0 spiro atoms. The second kappa shape index (κ2) is 15.5. The van der Waals surface area contributed by atoms with Gasteiger partial charge in [-0.25, -0.2) is 9.37 Å². The van der Waals surface area contributed by atoms with Crippen LogP contribution in [0.2, 0.25) is 0 Å². The standard InChI is InChI=1S/C29H32FN7O.C2H6O.C2H6/c1-36-18-23(17-33-36)25-15-21-13-22(16-32-28(21)34-25)29(38)35-26-14-20(7-8-24(26)30)27(19-5-4-6-19)31-9-12-37-10-2-3-11-37;1-3-2;1-2/h7-8,13-18,31H,2-6,9-12H2,1H3,(H,32,34)(H,35,38);1-2H3;1-2H3. The summed E-state index contributed by atoms with van der Waals surface area (Å²) in [6, 6.07) is 8.65. The molecule has 1 aromatic carbocycles. The fourth-order valence-corrected chi connectivity index (χ4v) is 5.21. The number of anilines is 1. The highest BCUT2D eigenvalue weighted by Crippen LogP contribution is 2.33. The van der Waals surface area contributed by atoms with E-state index < -0.39 is 11.7 Å². The summed E-state index contributed by atoms with van der Waals surface area (Å²) in [4.78, 5) is 23.3. The molecule has 0 atom stereocenters. The average molecular weight is 590 g/mol. The Kier molecular flexibility index (Phi) is 11.5. The van der Waals surface area contributed by atoms with Crippen LogP contribution in [0.3, 0.4) is 0 Å². The van der Waals surface area contributed by atoms with E-state index in [0.717, 1.165) is 66.9 Å². The van der Waals surface area contributed by atoms with Crippen LogP contribution >= 0.6 is 0 Å². The summed E-state index contributed by atoms with van der Waals surface area (Å²) < 4.78 is 20.8. The molecule has 230 valence electrons. The first-order valence-electron chi connectivity index (χ1n) is 15.1. The van der Waals surface area contributed by atoms with Crippen LogP contribution in [-0.4, -0.2) is 71.0 Å². The highest BCUT2D eigenvalue weighted by molar-refractivity contribution is 6.06. The van der Waals surface area contributed by atoms with Crippen LogP contribution in [0.4, 0.5) is 10.1 Å². The number of pyridine rings is 1. The number of nitrogens with one attached hydrogen (secondary N) is 3. The van der Waals surface area contributed by atoms with E-state index in [0.29, 0.717) is 11.2 Å². The van der Waals surface area contributed by atoms with Gasteiger partial charge in [0.05, 0.1) is 23.1 Å². The second-order valence-electron chi connectivity index (χ2n) is 10.6. The summed E-state index contributed by atoms with van der Waals surface area (Å²) >= 11 is 0. The van der Waals surface area contributed by atoms with E-state index in [2.05, 4.69) is 35.3 Å². The zero-order chi connectivity index (χ0) is 30.8. The molecule has 0 radical (unpaired) electrons. The first kappa shape index (κ1) is 31.9. The van der Waals surface area contributed by atoms with Crippen molar-refractivity contribution in [3.05, 3.63) is 71.4 Å². The minimum atomic E-state index is -0.466. The number of hydrogen-bond donors (Lipinski definition) is 3. The first-order valence-corrected chi connectivity index (χ1v) is 15.1. The molecule has 0 bridgehead atoms. The van der Waals surface area contributed by atoms with Crippen molar-refractivity contribution in [3.63, 3.8) is 0 Å². The molecule has 4 heterocycles. The first-order chi connectivity index (χ1) is 20.9. The molecule has 43 heavy (non-hydrogen) atoms. The van der Waals surface area contributed by atoms with Gasteiger partial charge in [-0.3, -0.25) is 9.48 Å². The van der Waals surface area contributed by atoms with Gasteiger partial charge >= 0.3 is 0 Å². The van der Waals surface area contributed by atoms with Crippen LogP contribution in [0.25, 0.3) is 28.0 Å². The van der Waals surface area contributed by atoms with Crippen molar-refractivity contribution in [2.75, 3.05) is 45.7 Å². The van der Waals surface area contributed by atoms with Gasteiger partial charge in [-0.15, -0.1) is 0 Å². The van der Waals surface area contributed by atoms with Crippen molar-refractivity contribution in [1.29, 1.82) is 0 Å². The van der Waals surface area contributed by atoms with Crippen LogP contribution in [-0.2, 0) is 11.8 Å². The monoisotopic (exact) mass is 589 g/mol. The third kappa shape index (κ3) is 8.09. The Labute approximate surface area is 253 Å². The van der Waals surface area contributed by atoms with Gasteiger partial charge in [0.2, 0.25) is 0 Å². The number of aromatic amines is 1. The lowest BCUT2D eigenvalue weighted by molar-refractivity contribution is 0.102. The number of nitrogens with zero attached hydrogens (tertiary/aromatic N) is 4. The van der Waals surface area contributed by atoms with Crippen LogP contribution in [0.1, 0.15) is 61.9 Å². The minimum absolute atomic E-state index is 0.163. The number of hydrogen-bond acceptors (Lipinski definition) is 6. The molecule has 9 nitrogen and oxygen atoms in total. The zero-order valence-corrected chi connectivity index (χ0v) is 26.0. The molecule has 1 aliphatic carbocycles. The number of H-pyrrole nitrogens is 1. The molecule has 2 fully saturated rings. The quantitative estimate of drug-likeness (QED) is 0.226. The number of carbonyl (C=O) groups is 1. The SMILES string of the molecule is CC.COC.Cn1cc(-c2cc3cc(C(=O)Nc4cc(C(NCCN5CCCC5)=C5CCC5)ccc4F)cnc3[nH]2)cn1. The van der Waals surface area contributed by atoms with Gasteiger partial charge in [-0.2, -0.15) is 5.10 Å². The Morgan fingerprint density at radius 1 is 1.05 bits per heavy atom. The maximum atomic E-state index is 14.8. The van der Waals surface area contributed by atoms with E-state index in [9.17, 15) is 9.18 Å². The minimum Gasteiger partial charge on any atom is -0.388 e. The maximum Gasteiger partial charge on any atom is 0.257 e. The van der Waals surface area contributed by atoms with E-state index in [-0.39, 0.29) is 5.69 Å². The second-order valence-corrected chi connectivity index (χ2v) is 10.6. The molecule has 0 unspecified atom stereocenters. The number of rotatable bonds is 8. The fraction of sp³-hybridized carbons (Fsp3) is 0.424. The molecule has 1 amide bonds. The lowest BCUT2D eigenvalue weighted by atomic mass is 9.88. The van der Waals surface area contributed by atoms with E-state index >= 15 is 0 Å². The lowest BCUT2D eigenvalue weighted by Gasteiger charge is -2.25. The number of methoxy groups -OCH3 is 1. The number of carbonyl (C=O) groups excluding carboxylic acids is 1. The number of ether oxygens (including phenoxy) is 1. The van der Waals surface area contributed by atoms with Crippen molar-refractivity contribution >= 4 is 28.3 Å². The Bertz CT molecular complexity index is 1530. The number of benzene rings is 1. The molecular weight excluding hydrogens is 545 g/mol. The van der Waals surface area contributed by atoms with Crippen LogP contribution in [0, 0.1) is 5.82 Å². The van der Waals surface area contributed by atoms with E-state index in [1.54, 1.807) is 43.3 Å². The fourth-order valence-electron chi connectivity index (χ4n) is 5.21. The zero-order valence-electron chi connectivity index (χ0n) is 26.0. The third-order valence-corrected chi connectivity index (χ3v) is 7.49. The molecular formula is C33H44FN7O2. The van der Waals surface area contributed by atoms with Crippen molar-refractivity contribution in [2.24, 2.45) is 7.05 Å². The highest BCUT2D eigenvalue weighted by Gasteiger charge is 2.19. The molecule has 3 N–H and O–H groups in total. The van der Waals surface area contributed by atoms with Crippen LogP contribution in [0.5, 0.6) is 0 Å². The molecule has 1 aliphatic heterocycles. The van der Waals surface area contributed by atoms with E-state index in [1.807, 2.05) is 33.2 Å². The molecule has 10 heteroatoms. The number of aromatic nitrogens is 4. The molecule has 4 aromatic rings. The van der Waals surface area contributed by atoms with Crippen LogP contribution in [0.15, 0.2) is 54.5 Å². The number of fused-ring (bicyclic) bond motifs is 1. The van der Waals surface area contributed by atoms with E-state index in [4.69, 9.17) is 0 Å². The number of amides is 1. The topological polar surface area (TPSA) is 100 Å².